The van der Waals surface area contributed by atoms with Crippen molar-refractivity contribution in [2.24, 2.45) is 0 Å². The summed E-state index contributed by atoms with van der Waals surface area (Å²) in [6, 6.07) is 8.01. The van der Waals surface area contributed by atoms with E-state index in [9.17, 15) is 4.79 Å². The van der Waals surface area contributed by atoms with Gasteiger partial charge in [-0.05, 0) is 6.07 Å². The van der Waals surface area contributed by atoms with Crippen LogP contribution in [-0.2, 0) is 0 Å². The van der Waals surface area contributed by atoms with Crippen LogP contribution >= 0.6 is 0 Å². The van der Waals surface area contributed by atoms with Gasteiger partial charge in [0.15, 0.2) is 5.58 Å². The van der Waals surface area contributed by atoms with Crippen molar-refractivity contribution in [3.8, 4) is 0 Å². The Labute approximate surface area is 56.3 Å². The van der Waals surface area contributed by atoms with Gasteiger partial charge in [-0.3, -0.25) is 4.98 Å². The molecule has 0 amide bonds. The molecule has 1 aromatic heterocycles. The lowest BCUT2D eigenvalue weighted by Crippen LogP contribution is -1.92. The standard InChI is InChI=1S/C7H4NO2/c9-7-8-5-3-1-2-4-6(5)10-7/h1-2,4H,(H,8,9). The first kappa shape index (κ1) is 5.29. The van der Waals surface area contributed by atoms with Crippen LogP contribution in [0.25, 0.3) is 11.1 Å². The third-order valence-electron chi connectivity index (χ3n) is 1.25. The Kier molecular flexibility index (Phi) is 0.917. The predicted octanol–water partition coefficient (Wildman–Crippen LogP) is 0.921. The van der Waals surface area contributed by atoms with Crippen molar-refractivity contribution >= 4 is 11.1 Å². The fourth-order valence-electron chi connectivity index (χ4n) is 0.832. The molecule has 0 spiro atoms. The number of para-hydroxylation sites is 1. The Balaban J connectivity index is 3.01. The second kappa shape index (κ2) is 1.73. The lowest BCUT2D eigenvalue weighted by molar-refractivity contribution is 0.555. The van der Waals surface area contributed by atoms with Crippen LogP contribution in [0.15, 0.2) is 27.4 Å². The molecule has 2 aromatic rings. The van der Waals surface area contributed by atoms with Crippen molar-refractivity contribution in [2.45, 2.75) is 0 Å². The van der Waals surface area contributed by atoms with E-state index in [1.807, 2.05) is 0 Å². The van der Waals surface area contributed by atoms with Crippen LogP contribution in [0.4, 0.5) is 0 Å². The average molecular weight is 134 g/mol. The van der Waals surface area contributed by atoms with E-state index < -0.39 is 5.76 Å². The highest BCUT2D eigenvalue weighted by atomic mass is 16.4. The van der Waals surface area contributed by atoms with Gasteiger partial charge in [-0.25, -0.2) is 4.79 Å². The summed E-state index contributed by atoms with van der Waals surface area (Å²) >= 11 is 0. The SMILES string of the molecule is O=c1[nH]c2[c]cccc2o1. The molecule has 0 fully saturated rings. The Morgan fingerprint density at radius 2 is 2.50 bits per heavy atom. The zero-order valence-corrected chi connectivity index (χ0v) is 5.05. The maximum atomic E-state index is 10.5. The highest BCUT2D eigenvalue weighted by molar-refractivity contribution is 5.70. The second-order valence-electron chi connectivity index (χ2n) is 1.92. The summed E-state index contributed by atoms with van der Waals surface area (Å²) in [5, 5.41) is 0. The van der Waals surface area contributed by atoms with Gasteiger partial charge in [0.25, 0.3) is 0 Å². The number of aromatic amines is 1. The smallest absolute Gasteiger partial charge is 0.408 e. The van der Waals surface area contributed by atoms with Gasteiger partial charge in [0.2, 0.25) is 0 Å². The molecule has 49 valence electrons. The first-order valence-electron chi connectivity index (χ1n) is 2.86. The molecule has 1 aromatic carbocycles. The van der Waals surface area contributed by atoms with Gasteiger partial charge in [0.05, 0.1) is 5.52 Å². The first-order valence-corrected chi connectivity index (χ1v) is 2.86. The van der Waals surface area contributed by atoms with Gasteiger partial charge in [-0.1, -0.05) is 12.1 Å². The van der Waals surface area contributed by atoms with Gasteiger partial charge < -0.3 is 4.42 Å². The van der Waals surface area contributed by atoms with E-state index in [2.05, 4.69) is 11.1 Å². The van der Waals surface area contributed by atoms with Crippen LogP contribution in [0.2, 0.25) is 0 Å². The molecule has 1 N–H and O–H groups in total. The molecule has 0 aliphatic heterocycles. The van der Waals surface area contributed by atoms with Crippen LogP contribution in [0.5, 0.6) is 0 Å². The summed E-state index contributed by atoms with van der Waals surface area (Å²) in [5.41, 5.74) is 1.17. The molecule has 0 saturated heterocycles. The van der Waals surface area contributed by atoms with E-state index in [0.29, 0.717) is 11.1 Å². The summed E-state index contributed by atoms with van der Waals surface area (Å²) in [6.45, 7) is 0. The summed E-state index contributed by atoms with van der Waals surface area (Å²) < 4.78 is 4.73. The Morgan fingerprint density at radius 3 is 3.30 bits per heavy atom. The molecule has 1 radical (unpaired) electrons. The van der Waals surface area contributed by atoms with Gasteiger partial charge in [-0.15, -0.1) is 0 Å². The zero-order chi connectivity index (χ0) is 6.97. The van der Waals surface area contributed by atoms with Crippen molar-refractivity contribution in [3.63, 3.8) is 0 Å². The van der Waals surface area contributed by atoms with E-state index in [0.717, 1.165) is 0 Å². The molecule has 3 heteroatoms. The number of hydrogen-bond acceptors (Lipinski definition) is 2. The van der Waals surface area contributed by atoms with Crippen molar-refractivity contribution < 1.29 is 4.42 Å². The summed E-state index contributed by atoms with van der Waals surface area (Å²) in [7, 11) is 0. The molecule has 0 aliphatic carbocycles. The molecule has 2 rings (SSSR count). The second-order valence-corrected chi connectivity index (χ2v) is 1.92. The van der Waals surface area contributed by atoms with E-state index in [1.54, 1.807) is 18.2 Å². The quantitative estimate of drug-likeness (QED) is 0.582. The molecule has 0 bridgehead atoms. The predicted molar refractivity (Wildman–Crippen MR) is 35.7 cm³/mol. The highest BCUT2D eigenvalue weighted by Gasteiger charge is 1.95. The van der Waals surface area contributed by atoms with Crippen LogP contribution in [0.1, 0.15) is 0 Å². The van der Waals surface area contributed by atoms with Crippen LogP contribution < -0.4 is 5.76 Å². The monoisotopic (exact) mass is 134 g/mol. The average Bonchev–Trinajstić information content (AvgIpc) is 2.27. The Morgan fingerprint density at radius 1 is 1.60 bits per heavy atom. The molecule has 0 aliphatic rings. The van der Waals surface area contributed by atoms with E-state index in [4.69, 9.17) is 4.42 Å². The van der Waals surface area contributed by atoms with Crippen LogP contribution in [0.3, 0.4) is 0 Å². The summed E-state index contributed by atoms with van der Waals surface area (Å²) in [6.07, 6.45) is 0. The molecule has 0 saturated carbocycles. The van der Waals surface area contributed by atoms with E-state index >= 15 is 0 Å². The zero-order valence-electron chi connectivity index (χ0n) is 5.05. The fraction of sp³-hybridized carbons (Fsp3) is 0. The fourth-order valence-corrected chi connectivity index (χ4v) is 0.832. The number of aromatic nitrogens is 1. The number of rotatable bonds is 0. The van der Waals surface area contributed by atoms with Crippen LogP contribution in [-0.4, -0.2) is 4.98 Å². The highest BCUT2D eigenvalue weighted by Crippen LogP contribution is 2.05. The van der Waals surface area contributed by atoms with Gasteiger partial charge >= 0.3 is 5.76 Å². The van der Waals surface area contributed by atoms with Crippen molar-refractivity contribution in [2.75, 3.05) is 0 Å². The molecular weight excluding hydrogens is 130 g/mol. The Bertz CT molecular complexity index is 363. The number of fused-ring (bicyclic) bond motifs is 1. The molecular formula is C7H4NO2. The third kappa shape index (κ3) is 0.639. The minimum Gasteiger partial charge on any atom is -0.408 e. The maximum absolute atomic E-state index is 10.5. The normalized spacial score (nSPS) is 10.4. The van der Waals surface area contributed by atoms with Gasteiger partial charge in [-0.2, -0.15) is 0 Å². The molecule has 3 nitrogen and oxygen atoms in total. The largest absolute Gasteiger partial charge is 0.417 e. The van der Waals surface area contributed by atoms with E-state index in [1.165, 1.54) is 0 Å². The summed E-state index contributed by atoms with van der Waals surface area (Å²) in [5.74, 6) is -0.433. The molecule has 0 atom stereocenters. The number of nitrogens with one attached hydrogen (secondary N) is 1. The number of benzene rings is 1. The Hall–Kier alpha value is -1.51. The van der Waals surface area contributed by atoms with Gasteiger partial charge in [0.1, 0.15) is 0 Å². The number of hydrogen-bond donors (Lipinski definition) is 1. The number of oxazole rings is 1. The summed E-state index contributed by atoms with van der Waals surface area (Å²) in [4.78, 5) is 13.0. The third-order valence-corrected chi connectivity index (χ3v) is 1.25. The van der Waals surface area contributed by atoms with Crippen LogP contribution in [0, 0.1) is 6.07 Å². The lowest BCUT2D eigenvalue weighted by atomic mass is 10.3. The minimum atomic E-state index is -0.433. The van der Waals surface area contributed by atoms with Crippen molar-refractivity contribution in [1.82, 2.24) is 4.98 Å². The first-order chi connectivity index (χ1) is 4.86. The molecule has 0 unspecified atom stereocenters. The maximum Gasteiger partial charge on any atom is 0.417 e. The lowest BCUT2D eigenvalue weighted by Gasteiger charge is -1.79. The van der Waals surface area contributed by atoms with Gasteiger partial charge in [0, 0.05) is 6.07 Å². The van der Waals surface area contributed by atoms with E-state index in [-0.39, 0.29) is 0 Å². The number of H-pyrrole nitrogens is 1. The molecule has 1 heterocycles. The minimum absolute atomic E-state index is 0.433. The van der Waals surface area contributed by atoms with Crippen molar-refractivity contribution in [3.05, 3.63) is 34.8 Å². The topological polar surface area (TPSA) is 46.0 Å². The van der Waals surface area contributed by atoms with Crippen molar-refractivity contribution in [1.29, 1.82) is 0 Å². The molecule has 10 heavy (non-hydrogen) atoms.